The van der Waals surface area contributed by atoms with Gasteiger partial charge in [0.1, 0.15) is 5.75 Å². The van der Waals surface area contributed by atoms with Crippen LogP contribution in [0.1, 0.15) is 36.5 Å². The molecule has 6 nitrogen and oxygen atoms in total. The molecule has 0 heterocycles. The summed E-state index contributed by atoms with van der Waals surface area (Å²) in [5.74, 6) is 0.461. The zero-order chi connectivity index (χ0) is 24.9. The van der Waals surface area contributed by atoms with Gasteiger partial charge in [0.05, 0.1) is 18.5 Å². The molecule has 0 aliphatic rings. The summed E-state index contributed by atoms with van der Waals surface area (Å²) in [5, 5.41) is 3.45. The lowest BCUT2D eigenvalue weighted by molar-refractivity contribution is -0.118. The Morgan fingerprint density at radius 2 is 1.71 bits per heavy atom. The fourth-order valence-corrected chi connectivity index (χ4v) is 4.63. The zero-order valence-electron chi connectivity index (χ0n) is 19.7. The number of carbonyl (C=O) groups excluding carboxylic acids is 1. The highest BCUT2D eigenvalue weighted by atomic mass is 35.5. The Kier molecular flexibility index (Phi) is 8.23. The molecule has 0 aliphatic heterocycles. The molecule has 0 unspecified atom stereocenters. The first kappa shape index (κ1) is 25.6. The van der Waals surface area contributed by atoms with E-state index >= 15 is 0 Å². The smallest absolute Gasteiger partial charge is 0.262 e. The molecule has 34 heavy (non-hydrogen) atoms. The summed E-state index contributed by atoms with van der Waals surface area (Å²) in [5.41, 5.74) is 4.04. The lowest BCUT2D eigenvalue weighted by Crippen LogP contribution is -2.29. The number of sulfonamides is 1. The minimum Gasteiger partial charge on any atom is -0.484 e. The molecule has 0 spiro atoms. The van der Waals surface area contributed by atoms with Crippen LogP contribution in [-0.4, -0.2) is 27.2 Å². The third kappa shape index (κ3) is 6.52. The van der Waals surface area contributed by atoms with Crippen molar-refractivity contribution in [2.75, 3.05) is 22.5 Å². The van der Waals surface area contributed by atoms with Gasteiger partial charge in [-0.05, 0) is 59.9 Å². The van der Waals surface area contributed by atoms with Gasteiger partial charge in [0.15, 0.2) is 6.61 Å². The number of rotatable bonds is 9. The van der Waals surface area contributed by atoms with Gasteiger partial charge in [-0.25, -0.2) is 8.42 Å². The lowest BCUT2D eigenvalue weighted by atomic mass is 9.98. The van der Waals surface area contributed by atoms with Crippen molar-refractivity contribution < 1.29 is 17.9 Å². The number of nitrogens with zero attached hydrogens (tertiary/aromatic N) is 1. The highest BCUT2D eigenvalue weighted by molar-refractivity contribution is 7.92. The first-order valence-corrected chi connectivity index (χ1v) is 13.1. The largest absolute Gasteiger partial charge is 0.484 e. The summed E-state index contributed by atoms with van der Waals surface area (Å²) in [6.45, 7) is 6.05. The molecule has 0 aromatic heterocycles. The number of amides is 1. The molecule has 1 amide bonds. The fraction of sp³-hybridized carbons (Fsp3) is 0.269. The van der Waals surface area contributed by atoms with E-state index < -0.39 is 10.0 Å². The summed E-state index contributed by atoms with van der Waals surface area (Å²) >= 11 is 6.22. The molecular formula is C26H29ClN2O4S. The van der Waals surface area contributed by atoms with E-state index in [1.165, 1.54) is 4.31 Å². The number of benzene rings is 3. The van der Waals surface area contributed by atoms with Crippen molar-refractivity contribution in [3.05, 3.63) is 88.4 Å². The predicted octanol–water partition coefficient (Wildman–Crippen LogP) is 5.76. The van der Waals surface area contributed by atoms with Gasteiger partial charge in [0, 0.05) is 10.7 Å². The van der Waals surface area contributed by atoms with Gasteiger partial charge in [-0.15, -0.1) is 0 Å². The number of aryl methyl sites for hydroxylation is 1. The summed E-state index contributed by atoms with van der Waals surface area (Å²) in [4.78, 5) is 12.5. The fourth-order valence-electron chi connectivity index (χ4n) is 3.56. The second-order valence-electron chi connectivity index (χ2n) is 8.39. The SMILES string of the molecule is Cc1cccc(C(C)C)c1NC(=O)COc1ccc(N(Cc2ccccc2Cl)S(C)(=O)=O)cc1. The molecule has 0 bridgehead atoms. The minimum absolute atomic E-state index is 0.107. The van der Waals surface area contributed by atoms with E-state index in [-0.39, 0.29) is 25.0 Å². The van der Waals surface area contributed by atoms with Crippen LogP contribution >= 0.6 is 11.6 Å². The Morgan fingerprint density at radius 3 is 2.32 bits per heavy atom. The molecule has 0 saturated heterocycles. The first-order chi connectivity index (χ1) is 16.1. The van der Waals surface area contributed by atoms with Gasteiger partial charge in [0.25, 0.3) is 5.91 Å². The number of para-hydroxylation sites is 1. The van der Waals surface area contributed by atoms with Gasteiger partial charge in [-0.3, -0.25) is 9.10 Å². The van der Waals surface area contributed by atoms with Crippen LogP contribution < -0.4 is 14.4 Å². The molecule has 0 aliphatic carbocycles. The summed E-state index contributed by atoms with van der Waals surface area (Å²) < 4.78 is 31.8. The Hall–Kier alpha value is -3.03. The highest BCUT2D eigenvalue weighted by Crippen LogP contribution is 2.28. The van der Waals surface area contributed by atoms with Crippen molar-refractivity contribution in [3.63, 3.8) is 0 Å². The quantitative estimate of drug-likeness (QED) is 0.405. The molecule has 3 aromatic carbocycles. The maximum Gasteiger partial charge on any atom is 0.262 e. The molecule has 0 radical (unpaired) electrons. The van der Waals surface area contributed by atoms with E-state index in [1.54, 1.807) is 42.5 Å². The standard InChI is InChI=1S/C26H29ClN2O4S/c1-18(2)23-10-7-8-19(3)26(23)28-25(30)17-33-22-14-12-21(13-15-22)29(34(4,31)32)16-20-9-5-6-11-24(20)27/h5-15,18H,16-17H2,1-4H3,(H,28,30). The molecular weight excluding hydrogens is 472 g/mol. The first-order valence-electron chi connectivity index (χ1n) is 10.9. The van der Waals surface area contributed by atoms with E-state index in [1.807, 2.05) is 31.2 Å². The molecule has 3 aromatic rings. The summed E-state index contributed by atoms with van der Waals surface area (Å²) in [7, 11) is -3.55. The third-order valence-corrected chi connectivity index (χ3v) is 6.87. The maximum atomic E-state index is 12.5. The highest BCUT2D eigenvalue weighted by Gasteiger charge is 2.19. The van der Waals surface area contributed by atoms with Crippen LogP contribution in [-0.2, 0) is 21.4 Å². The van der Waals surface area contributed by atoms with Crippen molar-refractivity contribution >= 4 is 38.9 Å². The number of carbonyl (C=O) groups is 1. The number of ether oxygens (including phenoxy) is 1. The second kappa shape index (κ2) is 10.9. The Labute approximate surface area is 206 Å². The molecule has 3 rings (SSSR count). The zero-order valence-corrected chi connectivity index (χ0v) is 21.3. The normalized spacial score (nSPS) is 11.4. The Morgan fingerprint density at radius 1 is 1.03 bits per heavy atom. The van der Waals surface area contributed by atoms with E-state index in [0.717, 1.165) is 23.1 Å². The number of anilines is 2. The molecule has 0 fully saturated rings. The van der Waals surface area contributed by atoms with Crippen molar-refractivity contribution in [3.8, 4) is 5.75 Å². The average Bonchev–Trinajstić information content (AvgIpc) is 2.78. The van der Waals surface area contributed by atoms with Crippen LogP contribution in [0.25, 0.3) is 0 Å². The monoisotopic (exact) mass is 500 g/mol. The van der Waals surface area contributed by atoms with Crippen LogP contribution in [0.3, 0.4) is 0 Å². The van der Waals surface area contributed by atoms with E-state index in [0.29, 0.717) is 22.0 Å². The van der Waals surface area contributed by atoms with Crippen LogP contribution in [0.4, 0.5) is 11.4 Å². The van der Waals surface area contributed by atoms with Gasteiger partial charge < -0.3 is 10.1 Å². The van der Waals surface area contributed by atoms with Gasteiger partial charge in [-0.2, -0.15) is 0 Å². The predicted molar refractivity (Wildman–Crippen MR) is 138 cm³/mol. The topological polar surface area (TPSA) is 75.7 Å². The van der Waals surface area contributed by atoms with Crippen molar-refractivity contribution in [2.24, 2.45) is 0 Å². The summed E-state index contributed by atoms with van der Waals surface area (Å²) in [6.07, 6.45) is 1.15. The van der Waals surface area contributed by atoms with Gasteiger partial charge >= 0.3 is 0 Å². The number of nitrogens with one attached hydrogen (secondary N) is 1. The van der Waals surface area contributed by atoms with Crippen LogP contribution in [0, 0.1) is 6.92 Å². The molecule has 0 saturated carbocycles. The second-order valence-corrected chi connectivity index (χ2v) is 10.7. The third-order valence-electron chi connectivity index (χ3n) is 5.36. The Balaban J connectivity index is 1.68. The lowest BCUT2D eigenvalue weighted by Gasteiger charge is -2.23. The number of hydrogen-bond donors (Lipinski definition) is 1. The van der Waals surface area contributed by atoms with Crippen LogP contribution in [0.2, 0.25) is 5.02 Å². The number of hydrogen-bond acceptors (Lipinski definition) is 4. The van der Waals surface area contributed by atoms with Crippen molar-refractivity contribution in [1.29, 1.82) is 0 Å². The van der Waals surface area contributed by atoms with E-state index in [2.05, 4.69) is 19.2 Å². The molecule has 0 atom stereocenters. The van der Waals surface area contributed by atoms with Crippen molar-refractivity contribution in [2.45, 2.75) is 33.2 Å². The molecule has 180 valence electrons. The number of halogens is 1. The van der Waals surface area contributed by atoms with Crippen molar-refractivity contribution in [1.82, 2.24) is 0 Å². The average molecular weight is 501 g/mol. The minimum atomic E-state index is -3.55. The van der Waals surface area contributed by atoms with Gasteiger partial charge in [0.2, 0.25) is 10.0 Å². The van der Waals surface area contributed by atoms with E-state index in [4.69, 9.17) is 16.3 Å². The molecule has 1 N–H and O–H groups in total. The van der Waals surface area contributed by atoms with Crippen LogP contribution in [0.15, 0.2) is 66.7 Å². The Bertz CT molecular complexity index is 1260. The van der Waals surface area contributed by atoms with Crippen LogP contribution in [0.5, 0.6) is 5.75 Å². The van der Waals surface area contributed by atoms with Gasteiger partial charge in [-0.1, -0.05) is 61.8 Å². The maximum absolute atomic E-state index is 12.5. The molecule has 8 heteroatoms. The summed E-state index contributed by atoms with van der Waals surface area (Å²) in [6, 6.07) is 19.6. The van der Waals surface area contributed by atoms with E-state index in [9.17, 15) is 13.2 Å².